The Morgan fingerprint density at radius 3 is 1.08 bits per heavy atom. The number of hydrogen-bond acceptors (Lipinski definition) is 4. The Bertz CT molecular complexity index is 3220. The first kappa shape index (κ1) is 46.9. The van der Waals surface area contributed by atoms with Crippen LogP contribution in [0.1, 0.15) is 192 Å². The van der Waals surface area contributed by atoms with E-state index in [2.05, 4.69) is 204 Å². The van der Waals surface area contributed by atoms with Crippen LogP contribution in [0.4, 0.5) is 45.5 Å². The molecule has 8 atom stereocenters. The molecule has 0 saturated heterocycles. The fourth-order valence-corrected chi connectivity index (χ4v) is 19.9. The summed E-state index contributed by atoms with van der Waals surface area (Å²) in [5, 5.41) is 0. The van der Waals surface area contributed by atoms with Crippen molar-refractivity contribution in [2.45, 2.75) is 216 Å². The largest absolute Gasteiger partial charge is 0.335 e. The molecular formula is C70H81BN4. The maximum Gasteiger partial charge on any atom is 0.252 e. The Kier molecular flexibility index (Phi) is 9.49. The molecule has 384 valence electrons. The second kappa shape index (κ2) is 15.2. The lowest BCUT2D eigenvalue weighted by atomic mass is 9.33. The van der Waals surface area contributed by atoms with E-state index in [1.807, 2.05) is 0 Å². The minimum absolute atomic E-state index is 0.0895. The zero-order valence-corrected chi connectivity index (χ0v) is 47.1. The van der Waals surface area contributed by atoms with Gasteiger partial charge in [0.05, 0.1) is 22.2 Å². The van der Waals surface area contributed by atoms with E-state index >= 15 is 0 Å². The van der Waals surface area contributed by atoms with E-state index in [-0.39, 0.29) is 43.8 Å². The van der Waals surface area contributed by atoms with Crippen LogP contribution in [0.25, 0.3) is 0 Å². The Morgan fingerprint density at radius 2 is 0.667 bits per heavy atom. The Labute approximate surface area is 450 Å². The summed E-state index contributed by atoms with van der Waals surface area (Å²) in [6.07, 6.45) is 20.8. The molecule has 16 rings (SSSR count). The van der Waals surface area contributed by atoms with E-state index < -0.39 is 0 Å². The van der Waals surface area contributed by atoms with Crippen molar-refractivity contribution >= 4 is 68.6 Å². The third kappa shape index (κ3) is 5.43. The maximum atomic E-state index is 2.87. The fourth-order valence-electron chi connectivity index (χ4n) is 19.9. The normalized spacial score (nSPS) is 34.5. The van der Waals surface area contributed by atoms with Crippen molar-refractivity contribution in [2.24, 2.45) is 0 Å². The van der Waals surface area contributed by atoms with Gasteiger partial charge in [-0.2, -0.15) is 0 Å². The Morgan fingerprint density at radius 1 is 0.333 bits per heavy atom. The van der Waals surface area contributed by atoms with Crippen LogP contribution in [0, 0.1) is 13.8 Å². The van der Waals surface area contributed by atoms with E-state index in [9.17, 15) is 0 Å². The van der Waals surface area contributed by atoms with Crippen molar-refractivity contribution in [3.63, 3.8) is 0 Å². The molecule has 6 aromatic rings. The van der Waals surface area contributed by atoms with Gasteiger partial charge >= 0.3 is 0 Å². The zero-order valence-electron chi connectivity index (χ0n) is 47.1. The highest BCUT2D eigenvalue weighted by Crippen LogP contribution is 2.67. The molecule has 0 aromatic heterocycles. The third-order valence-corrected chi connectivity index (χ3v) is 24.6. The molecule has 6 aromatic carbocycles. The van der Waals surface area contributed by atoms with Crippen molar-refractivity contribution in [1.29, 1.82) is 0 Å². The molecule has 0 amide bonds. The molecule has 4 aliphatic carbocycles. The van der Waals surface area contributed by atoms with Crippen LogP contribution in [0.15, 0.2) is 115 Å². The number of nitrogens with zero attached hydrogens (tertiary/aromatic N) is 4. The summed E-state index contributed by atoms with van der Waals surface area (Å²) in [7, 11) is 0. The van der Waals surface area contributed by atoms with Gasteiger partial charge in [-0.15, -0.1) is 0 Å². The van der Waals surface area contributed by atoms with E-state index in [0.717, 1.165) is 0 Å². The first-order chi connectivity index (χ1) is 36.0. The van der Waals surface area contributed by atoms with Crippen LogP contribution < -0.4 is 36.0 Å². The summed E-state index contributed by atoms with van der Waals surface area (Å²) in [5.41, 5.74) is 26.5. The monoisotopic (exact) mass is 989 g/mol. The average Bonchev–Trinajstić information content (AvgIpc) is 4.05. The molecule has 6 aliphatic heterocycles. The smallest absolute Gasteiger partial charge is 0.252 e. The number of fused-ring (bicyclic) bond motifs is 16. The summed E-state index contributed by atoms with van der Waals surface area (Å²) >= 11 is 0. The molecule has 0 radical (unpaired) electrons. The molecule has 5 heteroatoms. The number of rotatable bonds is 2. The average molecular weight is 989 g/mol. The molecule has 6 heterocycles. The number of aryl methyl sites for hydroxylation is 2. The van der Waals surface area contributed by atoms with Crippen molar-refractivity contribution in [2.75, 3.05) is 19.6 Å². The predicted octanol–water partition coefficient (Wildman–Crippen LogP) is 16.1. The lowest BCUT2D eigenvalue weighted by Gasteiger charge is -2.54. The van der Waals surface area contributed by atoms with Gasteiger partial charge in [0.25, 0.3) is 6.71 Å². The van der Waals surface area contributed by atoms with Gasteiger partial charge in [-0.1, -0.05) is 152 Å². The molecule has 4 fully saturated rings. The SMILES string of the molecule is Cc1cc(N2c3ccccc3C3(C)CCCCC23C)cc(N2c3ccccc3C3(C)CCCCC23C)c1.Cc1cc2c3c(c1)N1c4c(cccc4C4(C)CCCCC14C)B3c1cccc3c1N2C1(C)CCCCC31C. The highest BCUT2D eigenvalue weighted by Gasteiger charge is 2.65. The van der Waals surface area contributed by atoms with Gasteiger partial charge in [0, 0.05) is 67.2 Å². The lowest BCUT2D eigenvalue weighted by molar-refractivity contribution is 0.194. The van der Waals surface area contributed by atoms with Gasteiger partial charge in [0.2, 0.25) is 0 Å². The number of hydrogen-bond donors (Lipinski definition) is 0. The van der Waals surface area contributed by atoms with E-state index in [4.69, 9.17) is 0 Å². The summed E-state index contributed by atoms with van der Waals surface area (Å²) < 4.78 is 0. The summed E-state index contributed by atoms with van der Waals surface area (Å²) in [6, 6.07) is 45.7. The van der Waals surface area contributed by atoms with Gasteiger partial charge in [0.15, 0.2) is 0 Å². The molecule has 8 unspecified atom stereocenters. The predicted molar refractivity (Wildman–Crippen MR) is 318 cm³/mol. The van der Waals surface area contributed by atoms with Crippen LogP contribution >= 0.6 is 0 Å². The highest BCUT2D eigenvalue weighted by molar-refractivity contribution is 7.00. The zero-order chi connectivity index (χ0) is 51.5. The first-order valence-corrected chi connectivity index (χ1v) is 29.9. The van der Waals surface area contributed by atoms with Gasteiger partial charge in [-0.05, 0) is 185 Å². The molecule has 4 nitrogen and oxygen atoms in total. The van der Waals surface area contributed by atoms with Crippen LogP contribution in [0.2, 0.25) is 0 Å². The number of benzene rings is 6. The third-order valence-electron chi connectivity index (χ3n) is 24.6. The second-order valence-electron chi connectivity index (χ2n) is 27.8. The van der Waals surface area contributed by atoms with Crippen molar-refractivity contribution in [3.05, 3.63) is 149 Å². The minimum Gasteiger partial charge on any atom is -0.335 e. The molecule has 0 spiro atoms. The molecule has 75 heavy (non-hydrogen) atoms. The molecule has 0 bridgehead atoms. The van der Waals surface area contributed by atoms with Crippen molar-refractivity contribution in [1.82, 2.24) is 0 Å². The van der Waals surface area contributed by atoms with Crippen LogP contribution in [0.3, 0.4) is 0 Å². The summed E-state index contributed by atoms with van der Waals surface area (Å²) in [4.78, 5) is 11.2. The number of para-hydroxylation sites is 4. The number of anilines is 8. The van der Waals surface area contributed by atoms with Crippen LogP contribution in [-0.4, -0.2) is 28.9 Å². The quantitative estimate of drug-likeness (QED) is 0.160. The summed E-state index contributed by atoms with van der Waals surface area (Å²) in [6.45, 7) is 25.5. The summed E-state index contributed by atoms with van der Waals surface area (Å²) in [5.74, 6) is 0. The van der Waals surface area contributed by atoms with Crippen molar-refractivity contribution < 1.29 is 0 Å². The van der Waals surface area contributed by atoms with E-state index in [1.165, 1.54) is 148 Å². The van der Waals surface area contributed by atoms with E-state index in [1.54, 1.807) is 50.0 Å². The topological polar surface area (TPSA) is 13.0 Å². The van der Waals surface area contributed by atoms with Crippen LogP contribution in [-0.2, 0) is 21.7 Å². The van der Waals surface area contributed by atoms with Crippen molar-refractivity contribution in [3.8, 4) is 0 Å². The molecular weight excluding hydrogens is 908 g/mol. The van der Waals surface area contributed by atoms with Crippen LogP contribution in [0.5, 0.6) is 0 Å². The molecule has 10 aliphatic rings. The fraction of sp³-hybridized carbons (Fsp3) is 0.486. The second-order valence-corrected chi connectivity index (χ2v) is 27.8. The van der Waals surface area contributed by atoms with Gasteiger partial charge in [-0.3, -0.25) is 0 Å². The van der Waals surface area contributed by atoms with Gasteiger partial charge < -0.3 is 19.6 Å². The minimum atomic E-state index is 0.0895. The first-order valence-electron chi connectivity index (χ1n) is 29.9. The van der Waals surface area contributed by atoms with Gasteiger partial charge in [0.1, 0.15) is 0 Å². The molecule has 4 saturated carbocycles. The highest BCUT2D eigenvalue weighted by atomic mass is 15.3. The molecule has 0 N–H and O–H groups in total. The van der Waals surface area contributed by atoms with Gasteiger partial charge in [-0.25, -0.2) is 0 Å². The standard InChI is InChI=1S/C35H39BN2.C35H42N2/c1-22-20-27-29-28(21-22)38-31-24(33(3)17-7-9-19-35(33,38)5)13-11-15-26(31)36(29)25-14-10-12-23-30(25)37(27)34(4)18-8-6-16-32(23,34)2;1-25-22-26(36-30-16-8-6-14-28(30)32(2)18-10-12-20-34(32,36)4)24-27(23-25)37-31-17-9-7-15-29(31)33(3)19-11-13-21-35(33,37)5/h10-15,20-21H,6-9,16-19H2,1-5H3;6-9,14-17,22-24H,10-13,18-21H2,1-5H3. The Hall–Kier alpha value is -5.42. The lowest BCUT2D eigenvalue weighted by Crippen LogP contribution is -2.66. The maximum absolute atomic E-state index is 2.87. The van der Waals surface area contributed by atoms with E-state index in [0.29, 0.717) is 6.71 Å². The Balaban J connectivity index is 0.000000132.